The Bertz CT molecular complexity index is 323. The van der Waals surface area contributed by atoms with Gasteiger partial charge in [-0.05, 0) is 31.4 Å². The second-order valence-electron chi connectivity index (χ2n) is 3.38. The number of hydrogen-bond donors (Lipinski definition) is 1. The highest BCUT2D eigenvalue weighted by Gasteiger charge is 2.03. The van der Waals surface area contributed by atoms with Gasteiger partial charge in [0.05, 0.1) is 11.5 Å². The van der Waals surface area contributed by atoms with E-state index in [1.807, 2.05) is 0 Å². The number of aliphatic hydroxyl groups excluding tert-OH is 1. The minimum absolute atomic E-state index is 0.0626. The number of nitro benzene ring substituents is 1. The molecule has 0 amide bonds. The fourth-order valence-corrected chi connectivity index (χ4v) is 1.24. The van der Waals surface area contributed by atoms with Gasteiger partial charge in [0.2, 0.25) is 0 Å². The SMILES string of the molecule is O=[N+]([O-])c1ccc(OCCCCCO)cc1. The molecule has 1 N–H and O–H groups in total. The third-order valence-electron chi connectivity index (χ3n) is 2.12. The zero-order valence-corrected chi connectivity index (χ0v) is 8.96. The zero-order valence-electron chi connectivity index (χ0n) is 8.96. The lowest BCUT2D eigenvalue weighted by Gasteiger charge is -2.04. The summed E-state index contributed by atoms with van der Waals surface area (Å²) in [5.74, 6) is 0.634. The highest BCUT2D eigenvalue weighted by atomic mass is 16.6. The molecule has 1 aromatic rings. The van der Waals surface area contributed by atoms with Crippen LogP contribution in [0.4, 0.5) is 5.69 Å². The van der Waals surface area contributed by atoms with Gasteiger partial charge in [-0.15, -0.1) is 0 Å². The molecule has 0 aliphatic rings. The summed E-state index contributed by atoms with van der Waals surface area (Å²) in [5.41, 5.74) is 0.0626. The number of non-ortho nitro benzene ring substituents is 1. The molecule has 0 fully saturated rings. The van der Waals surface area contributed by atoms with Gasteiger partial charge in [0, 0.05) is 18.7 Å². The summed E-state index contributed by atoms with van der Waals surface area (Å²) in [4.78, 5) is 9.95. The molecule has 0 heterocycles. The molecule has 0 bridgehead atoms. The van der Waals surface area contributed by atoms with Crippen LogP contribution >= 0.6 is 0 Å². The summed E-state index contributed by atoms with van der Waals surface area (Å²) in [6, 6.07) is 6.01. The summed E-state index contributed by atoms with van der Waals surface area (Å²) in [6.07, 6.45) is 2.57. The maximum Gasteiger partial charge on any atom is 0.269 e. The third kappa shape index (κ3) is 4.27. The summed E-state index contributed by atoms with van der Waals surface area (Å²) in [5, 5.41) is 18.9. The fourth-order valence-electron chi connectivity index (χ4n) is 1.24. The van der Waals surface area contributed by atoms with Gasteiger partial charge in [0.25, 0.3) is 5.69 Å². The van der Waals surface area contributed by atoms with Crippen molar-refractivity contribution in [2.24, 2.45) is 0 Å². The van der Waals surface area contributed by atoms with Crippen molar-refractivity contribution >= 4 is 5.69 Å². The highest BCUT2D eigenvalue weighted by Crippen LogP contribution is 2.17. The molecular formula is C11H15NO4. The second kappa shape index (κ2) is 6.79. The molecule has 0 saturated heterocycles. The summed E-state index contributed by atoms with van der Waals surface area (Å²) in [7, 11) is 0. The predicted octanol–water partition coefficient (Wildman–Crippen LogP) is 2.14. The molecular weight excluding hydrogens is 210 g/mol. The number of aliphatic hydroxyl groups is 1. The number of hydrogen-bond acceptors (Lipinski definition) is 4. The van der Waals surface area contributed by atoms with E-state index in [0.29, 0.717) is 12.4 Å². The molecule has 0 radical (unpaired) electrons. The van der Waals surface area contributed by atoms with E-state index >= 15 is 0 Å². The predicted molar refractivity (Wildman–Crippen MR) is 59.5 cm³/mol. The van der Waals surface area contributed by atoms with Crippen LogP contribution < -0.4 is 4.74 Å². The third-order valence-corrected chi connectivity index (χ3v) is 2.12. The lowest BCUT2D eigenvalue weighted by molar-refractivity contribution is -0.384. The number of unbranched alkanes of at least 4 members (excludes halogenated alkanes) is 2. The molecule has 0 saturated carbocycles. The van der Waals surface area contributed by atoms with Crippen molar-refractivity contribution < 1.29 is 14.8 Å². The normalized spacial score (nSPS) is 10.1. The monoisotopic (exact) mass is 225 g/mol. The number of nitro groups is 1. The van der Waals surface area contributed by atoms with Gasteiger partial charge in [0.1, 0.15) is 5.75 Å². The number of rotatable bonds is 7. The average Bonchev–Trinajstić information content (AvgIpc) is 2.29. The first kappa shape index (κ1) is 12.4. The van der Waals surface area contributed by atoms with Gasteiger partial charge >= 0.3 is 0 Å². The Morgan fingerprint density at radius 2 is 1.88 bits per heavy atom. The Labute approximate surface area is 93.8 Å². The minimum Gasteiger partial charge on any atom is -0.494 e. The van der Waals surface area contributed by atoms with E-state index in [4.69, 9.17) is 9.84 Å². The molecule has 0 aromatic heterocycles. The van der Waals surface area contributed by atoms with Gasteiger partial charge < -0.3 is 9.84 Å². The largest absolute Gasteiger partial charge is 0.494 e. The molecule has 0 unspecified atom stereocenters. The lowest BCUT2D eigenvalue weighted by atomic mass is 10.2. The first-order chi connectivity index (χ1) is 7.74. The highest BCUT2D eigenvalue weighted by molar-refractivity contribution is 5.35. The van der Waals surface area contributed by atoms with Gasteiger partial charge in [-0.2, -0.15) is 0 Å². The van der Waals surface area contributed by atoms with Gasteiger partial charge in [-0.1, -0.05) is 0 Å². The molecule has 0 aliphatic carbocycles. The van der Waals surface area contributed by atoms with Gasteiger partial charge in [-0.25, -0.2) is 0 Å². The maximum atomic E-state index is 10.4. The quantitative estimate of drug-likeness (QED) is 0.438. The van der Waals surface area contributed by atoms with Crippen LogP contribution in [0.3, 0.4) is 0 Å². The van der Waals surface area contributed by atoms with Crippen LogP contribution in [0.15, 0.2) is 24.3 Å². The van der Waals surface area contributed by atoms with Crippen molar-refractivity contribution in [3.05, 3.63) is 34.4 Å². The maximum absolute atomic E-state index is 10.4. The van der Waals surface area contributed by atoms with Crippen molar-refractivity contribution in [2.75, 3.05) is 13.2 Å². The van der Waals surface area contributed by atoms with Crippen molar-refractivity contribution in [3.63, 3.8) is 0 Å². The van der Waals surface area contributed by atoms with E-state index < -0.39 is 4.92 Å². The Morgan fingerprint density at radius 3 is 2.44 bits per heavy atom. The number of ether oxygens (including phenoxy) is 1. The van der Waals surface area contributed by atoms with Crippen LogP contribution in [0.1, 0.15) is 19.3 Å². The van der Waals surface area contributed by atoms with Crippen molar-refractivity contribution in [3.8, 4) is 5.75 Å². The van der Waals surface area contributed by atoms with E-state index in [-0.39, 0.29) is 12.3 Å². The van der Waals surface area contributed by atoms with Crippen LogP contribution in [-0.4, -0.2) is 23.2 Å². The van der Waals surface area contributed by atoms with E-state index in [1.165, 1.54) is 12.1 Å². The van der Waals surface area contributed by atoms with Crippen LogP contribution in [-0.2, 0) is 0 Å². The van der Waals surface area contributed by atoms with Crippen LogP contribution in [0, 0.1) is 10.1 Å². The van der Waals surface area contributed by atoms with Crippen molar-refractivity contribution in [2.45, 2.75) is 19.3 Å². The second-order valence-corrected chi connectivity index (χ2v) is 3.38. The molecule has 0 aliphatic heterocycles. The molecule has 88 valence electrons. The first-order valence-electron chi connectivity index (χ1n) is 5.22. The number of nitrogens with zero attached hydrogens (tertiary/aromatic N) is 1. The van der Waals surface area contributed by atoms with Crippen LogP contribution in [0.25, 0.3) is 0 Å². The molecule has 5 nitrogen and oxygen atoms in total. The van der Waals surface area contributed by atoms with Crippen LogP contribution in [0.2, 0.25) is 0 Å². The molecule has 1 rings (SSSR count). The van der Waals surface area contributed by atoms with Crippen molar-refractivity contribution in [1.82, 2.24) is 0 Å². The summed E-state index contributed by atoms with van der Waals surface area (Å²) >= 11 is 0. The molecule has 0 atom stereocenters. The van der Waals surface area contributed by atoms with Crippen LogP contribution in [0.5, 0.6) is 5.75 Å². The smallest absolute Gasteiger partial charge is 0.269 e. The summed E-state index contributed by atoms with van der Waals surface area (Å²) < 4.78 is 5.38. The summed E-state index contributed by atoms with van der Waals surface area (Å²) in [6.45, 7) is 0.773. The Morgan fingerprint density at radius 1 is 1.19 bits per heavy atom. The average molecular weight is 225 g/mol. The molecule has 1 aromatic carbocycles. The Balaban J connectivity index is 2.29. The minimum atomic E-state index is -0.439. The lowest BCUT2D eigenvalue weighted by Crippen LogP contribution is -1.98. The number of benzene rings is 1. The standard InChI is InChI=1S/C11H15NO4/c13-8-2-1-3-9-16-11-6-4-10(5-7-11)12(14)15/h4-7,13H,1-3,8-9H2. The Kier molecular flexibility index (Phi) is 5.28. The molecule has 5 heteroatoms. The molecule has 0 spiro atoms. The van der Waals surface area contributed by atoms with Crippen molar-refractivity contribution in [1.29, 1.82) is 0 Å². The zero-order chi connectivity index (χ0) is 11.8. The first-order valence-corrected chi connectivity index (χ1v) is 5.22. The molecule has 16 heavy (non-hydrogen) atoms. The van der Waals surface area contributed by atoms with Gasteiger partial charge in [0.15, 0.2) is 0 Å². The van der Waals surface area contributed by atoms with E-state index in [0.717, 1.165) is 19.3 Å². The van der Waals surface area contributed by atoms with E-state index in [9.17, 15) is 10.1 Å². The van der Waals surface area contributed by atoms with E-state index in [2.05, 4.69) is 0 Å². The Hall–Kier alpha value is -1.62. The van der Waals surface area contributed by atoms with Gasteiger partial charge in [-0.3, -0.25) is 10.1 Å². The van der Waals surface area contributed by atoms with E-state index in [1.54, 1.807) is 12.1 Å². The fraction of sp³-hybridized carbons (Fsp3) is 0.455. The topological polar surface area (TPSA) is 72.6 Å².